The quantitative estimate of drug-likeness (QED) is 0.549. The molecule has 4 rings (SSSR count). The molecule has 0 aromatic heterocycles. The number of carbonyl (C=O) groups excluding carboxylic acids is 2. The van der Waals surface area contributed by atoms with Crippen LogP contribution in [0.25, 0.3) is 0 Å². The van der Waals surface area contributed by atoms with Gasteiger partial charge in [-0.25, -0.2) is 0 Å². The van der Waals surface area contributed by atoms with Crippen molar-refractivity contribution in [3.8, 4) is 11.5 Å². The molecular formula is C28H40N2O4. The number of allylic oxidation sites excluding steroid dienone is 2. The summed E-state index contributed by atoms with van der Waals surface area (Å²) in [5.74, 6) is 1.83. The Labute approximate surface area is 204 Å². The zero-order chi connectivity index (χ0) is 24.0. The molecule has 2 aliphatic heterocycles. The van der Waals surface area contributed by atoms with Gasteiger partial charge in [-0.15, -0.1) is 0 Å². The van der Waals surface area contributed by atoms with Crippen LogP contribution in [0.15, 0.2) is 29.8 Å². The van der Waals surface area contributed by atoms with E-state index in [1.165, 1.54) is 12.8 Å². The zero-order valence-electron chi connectivity index (χ0n) is 20.9. The van der Waals surface area contributed by atoms with Crippen molar-refractivity contribution in [3.63, 3.8) is 0 Å². The van der Waals surface area contributed by atoms with Gasteiger partial charge >= 0.3 is 0 Å². The highest BCUT2D eigenvalue weighted by atomic mass is 16.6. The third kappa shape index (κ3) is 7.08. The molecule has 1 atom stereocenters. The molecule has 0 spiro atoms. The number of carbonyl (C=O) groups is 2. The number of hydrogen-bond donors (Lipinski definition) is 1. The number of rotatable bonds is 10. The molecule has 0 bridgehead atoms. The second-order valence-electron chi connectivity index (χ2n) is 10.8. The van der Waals surface area contributed by atoms with Gasteiger partial charge < -0.3 is 19.7 Å². The lowest BCUT2D eigenvalue weighted by atomic mass is 9.77. The average molecular weight is 469 g/mol. The fourth-order valence-electron chi connectivity index (χ4n) is 5.14. The van der Waals surface area contributed by atoms with Crippen LogP contribution in [0.5, 0.6) is 11.5 Å². The maximum absolute atomic E-state index is 12.8. The predicted molar refractivity (Wildman–Crippen MR) is 133 cm³/mol. The first-order valence-electron chi connectivity index (χ1n) is 13.0. The van der Waals surface area contributed by atoms with Crippen molar-refractivity contribution in [1.29, 1.82) is 0 Å². The van der Waals surface area contributed by atoms with Crippen molar-refractivity contribution in [2.24, 2.45) is 5.41 Å². The van der Waals surface area contributed by atoms with Gasteiger partial charge in [0.05, 0.1) is 0 Å². The first-order chi connectivity index (χ1) is 16.4. The molecule has 2 heterocycles. The molecule has 3 aliphatic rings. The Morgan fingerprint density at radius 2 is 1.85 bits per heavy atom. The minimum Gasteiger partial charge on any atom is -0.486 e. The molecule has 186 valence electrons. The van der Waals surface area contributed by atoms with E-state index in [0.29, 0.717) is 37.9 Å². The number of amides is 1. The average Bonchev–Trinajstić information content (AvgIpc) is 3.32. The highest BCUT2D eigenvalue weighted by Crippen LogP contribution is 2.35. The van der Waals surface area contributed by atoms with Gasteiger partial charge in [0.1, 0.15) is 13.2 Å². The van der Waals surface area contributed by atoms with Crippen LogP contribution in [0.3, 0.4) is 0 Å². The van der Waals surface area contributed by atoms with E-state index < -0.39 is 0 Å². The number of ketones is 1. The summed E-state index contributed by atoms with van der Waals surface area (Å²) in [4.78, 5) is 27.8. The molecule has 34 heavy (non-hydrogen) atoms. The van der Waals surface area contributed by atoms with Gasteiger partial charge in [0.25, 0.3) is 0 Å². The first kappa shape index (κ1) is 24.8. The van der Waals surface area contributed by atoms with Gasteiger partial charge in [0.2, 0.25) is 5.91 Å². The van der Waals surface area contributed by atoms with E-state index in [-0.39, 0.29) is 17.7 Å². The van der Waals surface area contributed by atoms with Gasteiger partial charge in [-0.1, -0.05) is 26.0 Å². The lowest BCUT2D eigenvalue weighted by Crippen LogP contribution is -2.44. The summed E-state index contributed by atoms with van der Waals surface area (Å²) >= 11 is 0. The Balaban J connectivity index is 1.28. The first-order valence-corrected chi connectivity index (χ1v) is 13.0. The van der Waals surface area contributed by atoms with E-state index in [9.17, 15) is 9.59 Å². The van der Waals surface area contributed by atoms with E-state index in [4.69, 9.17) is 9.47 Å². The van der Waals surface area contributed by atoms with Crippen molar-refractivity contribution >= 4 is 11.7 Å². The molecule has 1 unspecified atom stereocenters. The van der Waals surface area contributed by atoms with Gasteiger partial charge in [0, 0.05) is 25.4 Å². The minimum absolute atomic E-state index is 0.0344. The number of nitrogens with one attached hydrogen (secondary N) is 1. The third-order valence-corrected chi connectivity index (χ3v) is 7.27. The molecule has 1 fully saturated rings. The van der Waals surface area contributed by atoms with E-state index in [2.05, 4.69) is 36.2 Å². The van der Waals surface area contributed by atoms with Crippen LogP contribution in [0, 0.1) is 5.41 Å². The number of nitrogens with zero attached hydrogens (tertiary/aromatic N) is 1. The summed E-state index contributed by atoms with van der Waals surface area (Å²) in [5.41, 5.74) is 2.40. The molecule has 0 radical (unpaired) electrons. The van der Waals surface area contributed by atoms with Crippen LogP contribution >= 0.6 is 0 Å². The monoisotopic (exact) mass is 468 g/mol. The normalized spacial score (nSPS) is 20.5. The highest BCUT2D eigenvalue weighted by Gasteiger charge is 2.24. The van der Waals surface area contributed by atoms with Gasteiger partial charge in [-0.2, -0.15) is 0 Å². The van der Waals surface area contributed by atoms with Crippen LogP contribution < -0.4 is 14.8 Å². The maximum atomic E-state index is 12.8. The number of likely N-dealkylation sites (tertiary alicyclic amines) is 1. The molecule has 1 aromatic rings. The molecular weight excluding hydrogens is 428 g/mol. The Hall–Kier alpha value is -2.34. The molecule has 1 aromatic carbocycles. The summed E-state index contributed by atoms with van der Waals surface area (Å²) in [6.45, 7) is 8.68. The fraction of sp³-hybridized carbons (Fsp3) is 0.643. The predicted octanol–water partition coefficient (Wildman–Crippen LogP) is 4.46. The van der Waals surface area contributed by atoms with Gasteiger partial charge in [-0.05, 0) is 86.7 Å². The Morgan fingerprint density at radius 1 is 1.09 bits per heavy atom. The largest absolute Gasteiger partial charge is 0.486 e. The summed E-state index contributed by atoms with van der Waals surface area (Å²) in [7, 11) is 0. The van der Waals surface area contributed by atoms with Crippen LogP contribution in [0.4, 0.5) is 0 Å². The summed E-state index contributed by atoms with van der Waals surface area (Å²) < 4.78 is 11.4. The Bertz CT molecular complexity index is 902. The number of hydrogen-bond acceptors (Lipinski definition) is 5. The van der Waals surface area contributed by atoms with E-state index in [1.807, 2.05) is 12.1 Å². The molecule has 6 nitrogen and oxygen atoms in total. The van der Waals surface area contributed by atoms with Gasteiger partial charge in [0.15, 0.2) is 17.3 Å². The second-order valence-corrected chi connectivity index (χ2v) is 10.8. The highest BCUT2D eigenvalue weighted by molar-refractivity contribution is 5.95. The Morgan fingerprint density at radius 3 is 2.59 bits per heavy atom. The van der Waals surface area contributed by atoms with Crippen molar-refractivity contribution < 1.29 is 19.1 Å². The number of ether oxygens (including phenoxy) is 2. The van der Waals surface area contributed by atoms with Crippen LogP contribution in [0.1, 0.15) is 70.8 Å². The SMILES string of the molecule is CC1(C)CC=C(C(=O)CCCC(=O)NC(Cc2ccc3c(c2)OCCO3)CN2CCCC2)CC1. The summed E-state index contributed by atoms with van der Waals surface area (Å²) in [5, 5.41) is 3.26. The molecule has 0 saturated carbocycles. The van der Waals surface area contributed by atoms with E-state index >= 15 is 0 Å². The van der Waals surface area contributed by atoms with Crippen molar-refractivity contribution in [3.05, 3.63) is 35.4 Å². The number of fused-ring (bicyclic) bond motifs is 1. The lowest BCUT2D eigenvalue weighted by Gasteiger charge is -2.28. The summed E-state index contributed by atoms with van der Waals surface area (Å²) in [6.07, 6.45) is 9.65. The van der Waals surface area contributed by atoms with Gasteiger partial charge in [-0.3, -0.25) is 9.59 Å². The maximum Gasteiger partial charge on any atom is 0.220 e. The molecule has 1 saturated heterocycles. The topological polar surface area (TPSA) is 67.9 Å². The molecule has 6 heteroatoms. The van der Waals surface area contributed by atoms with E-state index in [0.717, 1.165) is 68.0 Å². The van der Waals surface area contributed by atoms with E-state index in [1.54, 1.807) is 0 Å². The van der Waals surface area contributed by atoms with Crippen LogP contribution in [0.2, 0.25) is 0 Å². The van der Waals surface area contributed by atoms with Crippen molar-refractivity contribution in [2.45, 2.75) is 77.7 Å². The van der Waals surface area contributed by atoms with Crippen molar-refractivity contribution in [2.75, 3.05) is 32.8 Å². The molecule has 1 aliphatic carbocycles. The van der Waals surface area contributed by atoms with Crippen LogP contribution in [-0.4, -0.2) is 55.5 Å². The number of benzene rings is 1. The molecule has 1 amide bonds. The lowest BCUT2D eigenvalue weighted by molar-refractivity contribution is -0.122. The van der Waals surface area contributed by atoms with Crippen LogP contribution in [-0.2, 0) is 16.0 Å². The standard InChI is InChI=1S/C28H40N2O4/c1-28(2)12-10-22(11-13-28)24(31)6-5-7-27(32)29-23(20-30-14-3-4-15-30)18-21-8-9-25-26(19-21)34-17-16-33-25/h8-10,19,23H,3-7,11-18,20H2,1-2H3,(H,29,32). The smallest absolute Gasteiger partial charge is 0.220 e. The third-order valence-electron chi connectivity index (χ3n) is 7.27. The van der Waals surface area contributed by atoms with Crippen molar-refractivity contribution in [1.82, 2.24) is 10.2 Å². The second kappa shape index (κ2) is 11.4. The molecule has 1 N–H and O–H groups in total. The fourth-order valence-corrected chi connectivity index (χ4v) is 5.14. The minimum atomic E-state index is 0.0344. The zero-order valence-corrected chi connectivity index (χ0v) is 20.9. The Kier molecular flexibility index (Phi) is 8.30. The number of Topliss-reactive ketones (excluding diaryl/α,β-unsaturated/α-hetero) is 1. The summed E-state index contributed by atoms with van der Waals surface area (Å²) in [6, 6.07) is 6.10.